The highest BCUT2D eigenvalue weighted by Gasteiger charge is 2.30. The molecule has 0 aliphatic rings. The maximum absolute atomic E-state index is 11.1. The summed E-state index contributed by atoms with van der Waals surface area (Å²) in [7, 11) is 0. The fourth-order valence-electron chi connectivity index (χ4n) is 0.902. The molecule has 1 aromatic heterocycles. The Morgan fingerprint density at radius 2 is 2.43 bits per heavy atom. The molecule has 14 heavy (non-hydrogen) atoms. The van der Waals surface area contributed by atoms with Crippen molar-refractivity contribution in [2.24, 2.45) is 10.8 Å². The van der Waals surface area contributed by atoms with E-state index in [1.165, 1.54) is 13.1 Å². The molecular formula is C8H8BrN4O-. The van der Waals surface area contributed by atoms with Gasteiger partial charge in [0, 0.05) is 10.7 Å². The first-order valence-electron chi connectivity index (χ1n) is 3.79. The number of carbonyl (C=O) groups is 1. The van der Waals surface area contributed by atoms with Gasteiger partial charge >= 0.3 is 0 Å². The van der Waals surface area contributed by atoms with Crippen LogP contribution in [-0.2, 0) is 10.3 Å². The van der Waals surface area contributed by atoms with Crippen LogP contribution >= 0.6 is 15.9 Å². The maximum atomic E-state index is 11.1. The van der Waals surface area contributed by atoms with Crippen molar-refractivity contribution in [1.29, 1.82) is 0 Å². The topological polar surface area (TPSA) is 90.6 Å². The average molecular weight is 256 g/mol. The van der Waals surface area contributed by atoms with E-state index in [1.54, 1.807) is 12.1 Å². The maximum Gasteiger partial charge on any atom is 0.251 e. The molecule has 0 radical (unpaired) electrons. The van der Waals surface area contributed by atoms with E-state index in [9.17, 15) is 4.79 Å². The summed E-state index contributed by atoms with van der Waals surface area (Å²) in [6.45, 7) is 1.43. The number of amides is 1. The van der Waals surface area contributed by atoms with E-state index in [0.29, 0.717) is 5.69 Å². The second-order valence-electron chi connectivity index (χ2n) is 2.97. The van der Waals surface area contributed by atoms with Gasteiger partial charge in [-0.15, -0.1) is 0 Å². The molecule has 2 N–H and O–H groups in total. The number of hydrogen-bond acceptors (Lipinski definition) is 3. The Labute approximate surface area is 89.4 Å². The zero-order valence-electron chi connectivity index (χ0n) is 7.44. The van der Waals surface area contributed by atoms with Gasteiger partial charge in [0.1, 0.15) is 5.54 Å². The number of carbonyl (C=O) groups excluding carboxylic acids is 1. The molecule has 6 heteroatoms. The molecule has 0 fully saturated rings. The average Bonchev–Trinajstić information content (AvgIpc) is 2.16. The van der Waals surface area contributed by atoms with Crippen molar-refractivity contribution in [1.82, 2.24) is 4.98 Å². The molecule has 0 saturated heterocycles. The Hall–Kier alpha value is -1.14. The third-order valence-corrected chi connectivity index (χ3v) is 2.28. The SMILES string of the molecule is CC(N)(C(=O)N=[N-])c1cc(Br)ccn1. The van der Waals surface area contributed by atoms with Gasteiger partial charge in [0.25, 0.3) is 5.91 Å². The van der Waals surface area contributed by atoms with Crippen LogP contribution in [0.1, 0.15) is 12.6 Å². The van der Waals surface area contributed by atoms with Crippen LogP contribution in [0.15, 0.2) is 27.9 Å². The van der Waals surface area contributed by atoms with Gasteiger partial charge in [-0.05, 0) is 19.1 Å². The normalized spacial score (nSPS) is 14.5. The highest BCUT2D eigenvalue weighted by molar-refractivity contribution is 9.10. The van der Waals surface area contributed by atoms with Crippen molar-refractivity contribution < 1.29 is 4.79 Å². The molecule has 0 bridgehead atoms. The first-order chi connectivity index (χ1) is 6.48. The zero-order valence-corrected chi connectivity index (χ0v) is 9.02. The molecule has 1 unspecified atom stereocenters. The Morgan fingerprint density at radius 3 is 2.93 bits per heavy atom. The number of halogens is 1. The number of rotatable bonds is 2. The molecule has 1 atom stereocenters. The van der Waals surface area contributed by atoms with Crippen molar-refractivity contribution in [3.05, 3.63) is 34.0 Å². The molecule has 1 aromatic rings. The molecular weight excluding hydrogens is 248 g/mol. The Bertz CT molecular complexity index is 377. The lowest BCUT2D eigenvalue weighted by atomic mass is 9.98. The highest BCUT2D eigenvalue weighted by Crippen LogP contribution is 2.20. The Morgan fingerprint density at radius 1 is 1.79 bits per heavy atom. The predicted octanol–water partition coefficient (Wildman–Crippen LogP) is 1.57. The van der Waals surface area contributed by atoms with E-state index in [2.05, 4.69) is 26.0 Å². The molecule has 0 saturated carbocycles. The van der Waals surface area contributed by atoms with Gasteiger partial charge < -0.3 is 16.4 Å². The molecule has 0 aliphatic heterocycles. The van der Waals surface area contributed by atoms with Gasteiger partial charge in [-0.25, -0.2) is 0 Å². The van der Waals surface area contributed by atoms with Crippen molar-refractivity contribution in [2.75, 3.05) is 0 Å². The number of aromatic nitrogens is 1. The molecule has 1 rings (SSSR count). The summed E-state index contributed by atoms with van der Waals surface area (Å²) in [5, 5.41) is 2.55. The van der Waals surface area contributed by atoms with Gasteiger partial charge in [-0.1, -0.05) is 15.9 Å². The van der Waals surface area contributed by atoms with Gasteiger partial charge in [0.15, 0.2) is 0 Å². The number of hydrogen-bond donors (Lipinski definition) is 1. The fourth-order valence-corrected chi connectivity index (χ4v) is 1.24. The van der Waals surface area contributed by atoms with E-state index in [1.807, 2.05) is 0 Å². The zero-order chi connectivity index (χ0) is 10.8. The van der Waals surface area contributed by atoms with Crippen LogP contribution in [0.5, 0.6) is 0 Å². The first-order valence-corrected chi connectivity index (χ1v) is 4.58. The van der Waals surface area contributed by atoms with Crippen LogP contribution in [0, 0.1) is 0 Å². The minimum Gasteiger partial charge on any atom is -0.704 e. The van der Waals surface area contributed by atoms with Gasteiger partial charge in [-0.2, -0.15) is 0 Å². The third kappa shape index (κ3) is 2.02. The molecule has 74 valence electrons. The number of nitrogens with zero attached hydrogens (tertiary/aromatic N) is 3. The summed E-state index contributed by atoms with van der Waals surface area (Å²) in [4.78, 5) is 15.1. The van der Waals surface area contributed by atoms with Crippen molar-refractivity contribution in [3.63, 3.8) is 0 Å². The van der Waals surface area contributed by atoms with Crippen molar-refractivity contribution in [3.8, 4) is 0 Å². The summed E-state index contributed by atoms with van der Waals surface area (Å²) in [6.07, 6.45) is 1.51. The van der Waals surface area contributed by atoms with Gasteiger partial charge in [0.2, 0.25) is 0 Å². The van der Waals surface area contributed by atoms with Crippen LogP contribution in [0.25, 0.3) is 5.53 Å². The van der Waals surface area contributed by atoms with E-state index in [4.69, 9.17) is 11.3 Å². The molecule has 0 spiro atoms. The lowest BCUT2D eigenvalue weighted by molar-refractivity contribution is -0.122. The van der Waals surface area contributed by atoms with E-state index >= 15 is 0 Å². The van der Waals surface area contributed by atoms with Crippen LogP contribution in [0.4, 0.5) is 0 Å². The Kier molecular flexibility index (Phi) is 3.07. The molecule has 1 heterocycles. The van der Waals surface area contributed by atoms with Crippen molar-refractivity contribution in [2.45, 2.75) is 12.5 Å². The predicted molar refractivity (Wildman–Crippen MR) is 54.3 cm³/mol. The molecule has 0 aliphatic carbocycles. The van der Waals surface area contributed by atoms with Crippen LogP contribution in [0.3, 0.4) is 0 Å². The summed E-state index contributed by atoms with van der Waals surface area (Å²) in [6, 6.07) is 3.31. The minimum atomic E-state index is -1.40. The minimum absolute atomic E-state index is 0.342. The lowest BCUT2D eigenvalue weighted by Gasteiger charge is -2.20. The molecule has 1 amide bonds. The highest BCUT2D eigenvalue weighted by atomic mass is 79.9. The van der Waals surface area contributed by atoms with Crippen LogP contribution in [0.2, 0.25) is 0 Å². The monoisotopic (exact) mass is 255 g/mol. The van der Waals surface area contributed by atoms with Crippen molar-refractivity contribution >= 4 is 21.8 Å². The van der Waals surface area contributed by atoms with E-state index in [-0.39, 0.29) is 0 Å². The van der Waals surface area contributed by atoms with E-state index in [0.717, 1.165) is 4.47 Å². The third-order valence-electron chi connectivity index (χ3n) is 1.79. The van der Waals surface area contributed by atoms with Crippen LogP contribution < -0.4 is 5.73 Å². The van der Waals surface area contributed by atoms with Gasteiger partial charge in [0.05, 0.1) is 5.69 Å². The summed E-state index contributed by atoms with van der Waals surface area (Å²) < 4.78 is 0.755. The van der Waals surface area contributed by atoms with Gasteiger partial charge in [-0.3, -0.25) is 9.78 Å². The Balaban J connectivity index is 3.15. The molecule has 5 nitrogen and oxygen atoms in total. The fraction of sp³-hybridized carbons (Fsp3) is 0.250. The summed E-state index contributed by atoms with van der Waals surface area (Å²) >= 11 is 3.23. The second kappa shape index (κ2) is 3.93. The number of pyridine rings is 1. The summed E-state index contributed by atoms with van der Waals surface area (Å²) in [5.41, 5.74) is 13.0. The summed E-state index contributed by atoms with van der Waals surface area (Å²) in [5.74, 6) is -0.830. The van der Waals surface area contributed by atoms with E-state index < -0.39 is 11.4 Å². The lowest BCUT2D eigenvalue weighted by Crippen LogP contribution is -2.41. The van der Waals surface area contributed by atoms with Crippen LogP contribution in [-0.4, -0.2) is 10.9 Å². The second-order valence-corrected chi connectivity index (χ2v) is 3.88. The molecule has 0 aromatic carbocycles. The largest absolute Gasteiger partial charge is 0.704 e. The first kappa shape index (κ1) is 10.9. The number of nitrogens with two attached hydrogens (primary N) is 1. The smallest absolute Gasteiger partial charge is 0.251 e. The quantitative estimate of drug-likeness (QED) is 0.814. The standard InChI is InChI=1S/C8H8BrN4O/c1-8(10,7(14)13-11)6-4-5(9)2-3-12-6/h2-4H,10H2,1H3/q-1.